The lowest BCUT2D eigenvalue weighted by molar-refractivity contribution is 0.434. The van der Waals surface area contributed by atoms with E-state index in [-0.39, 0.29) is 0 Å². The van der Waals surface area contributed by atoms with Gasteiger partial charge in [0.25, 0.3) is 0 Å². The number of hydrazine groups is 1. The van der Waals surface area contributed by atoms with E-state index < -0.39 is 0 Å². The van der Waals surface area contributed by atoms with Crippen LogP contribution in [0, 0.1) is 12.8 Å². The summed E-state index contributed by atoms with van der Waals surface area (Å²) in [6, 6.07) is 6.50. The molecule has 0 aliphatic heterocycles. The van der Waals surface area contributed by atoms with E-state index in [1.165, 1.54) is 17.5 Å². The Kier molecular flexibility index (Phi) is 5.96. The SMILES string of the molecule is Cc1ccc(CC(CCC(C)C)NN)c(Cl)c1. The lowest BCUT2D eigenvalue weighted by Gasteiger charge is -2.18. The van der Waals surface area contributed by atoms with Crippen LogP contribution in [-0.2, 0) is 6.42 Å². The number of nitrogens with one attached hydrogen (secondary N) is 1. The van der Waals surface area contributed by atoms with Gasteiger partial charge in [-0.25, -0.2) is 0 Å². The van der Waals surface area contributed by atoms with Gasteiger partial charge in [0.05, 0.1) is 0 Å². The maximum absolute atomic E-state index is 6.22. The third-order valence-electron chi connectivity index (χ3n) is 3.00. The Morgan fingerprint density at radius 3 is 2.53 bits per heavy atom. The minimum atomic E-state index is 0.303. The Labute approximate surface area is 110 Å². The normalized spacial score (nSPS) is 13.1. The summed E-state index contributed by atoms with van der Waals surface area (Å²) in [7, 11) is 0. The third-order valence-corrected chi connectivity index (χ3v) is 3.35. The van der Waals surface area contributed by atoms with Gasteiger partial charge in [0.15, 0.2) is 0 Å². The smallest absolute Gasteiger partial charge is 0.0441 e. The standard InChI is InChI=1S/C14H23ClN2/c1-10(2)4-7-13(17-16)9-12-6-5-11(3)8-14(12)15/h5-6,8,10,13,17H,4,7,9,16H2,1-3H3. The summed E-state index contributed by atoms with van der Waals surface area (Å²) in [6.07, 6.45) is 3.15. The molecule has 1 atom stereocenters. The molecule has 0 radical (unpaired) electrons. The minimum Gasteiger partial charge on any atom is -0.271 e. The molecule has 3 heteroatoms. The Balaban J connectivity index is 2.60. The molecule has 1 unspecified atom stereocenters. The molecule has 0 bridgehead atoms. The fourth-order valence-electron chi connectivity index (χ4n) is 1.86. The van der Waals surface area contributed by atoms with Gasteiger partial charge >= 0.3 is 0 Å². The second-order valence-corrected chi connectivity index (χ2v) is 5.54. The first kappa shape index (κ1) is 14.5. The Morgan fingerprint density at radius 1 is 1.29 bits per heavy atom. The molecular formula is C14H23ClN2. The molecule has 96 valence electrons. The van der Waals surface area contributed by atoms with E-state index >= 15 is 0 Å². The predicted molar refractivity (Wildman–Crippen MR) is 75.1 cm³/mol. The lowest BCUT2D eigenvalue weighted by Crippen LogP contribution is -2.37. The van der Waals surface area contributed by atoms with Crippen LogP contribution in [-0.4, -0.2) is 6.04 Å². The molecule has 0 heterocycles. The minimum absolute atomic E-state index is 0.303. The van der Waals surface area contributed by atoms with Crippen LogP contribution in [0.5, 0.6) is 0 Å². The molecule has 0 aromatic heterocycles. The van der Waals surface area contributed by atoms with Crippen molar-refractivity contribution in [3.8, 4) is 0 Å². The van der Waals surface area contributed by atoms with Crippen LogP contribution in [0.25, 0.3) is 0 Å². The zero-order chi connectivity index (χ0) is 12.8. The van der Waals surface area contributed by atoms with Crippen molar-refractivity contribution in [2.75, 3.05) is 0 Å². The van der Waals surface area contributed by atoms with Crippen molar-refractivity contribution in [3.63, 3.8) is 0 Å². The molecule has 1 rings (SSSR count). The highest BCUT2D eigenvalue weighted by atomic mass is 35.5. The number of aryl methyl sites for hydroxylation is 1. The molecule has 0 spiro atoms. The molecule has 0 aliphatic rings. The number of hydrogen-bond donors (Lipinski definition) is 2. The van der Waals surface area contributed by atoms with E-state index in [0.29, 0.717) is 12.0 Å². The molecule has 3 N–H and O–H groups in total. The maximum atomic E-state index is 6.22. The quantitative estimate of drug-likeness (QED) is 0.603. The van der Waals surface area contributed by atoms with Gasteiger partial charge in [0, 0.05) is 11.1 Å². The second kappa shape index (κ2) is 7.00. The van der Waals surface area contributed by atoms with Crippen molar-refractivity contribution < 1.29 is 0 Å². The van der Waals surface area contributed by atoms with Gasteiger partial charge in [-0.1, -0.05) is 37.6 Å². The van der Waals surface area contributed by atoms with Crippen LogP contribution in [0.4, 0.5) is 0 Å². The first-order chi connectivity index (χ1) is 8.02. The average Bonchev–Trinajstić information content (AvgIpc) is 2.26. The summed E-state index contributed by atoms with van der Waals surface area (Å²) in [4.78, 5) is 0. The molecule has 0 fully saturated rings. The Bertz CT molecular complexity index is 350. The van der Waals surface area contributed by atoms with E-state index in [1.807, 2.05) is 13.0 Å². The van der Waals surface area contributed by atoms with Gasteiger partial charge < -0.3 is 0 Å². The number of halogens is 1. The molecule has 1 aromatic rings. The van der Waals surface area contributed by atoms with E-state index in [0.717, 1.165) is 17.9 Å². The summed E-state index contributed by atoms with van der Waals surface area (Å²) >= 11 is 6.22. The third kappa shape index (κ3) is 5.07. The molecule has 1 aromatic carbocycles. The van der Waals surface area contributed by atoms with Gasteiger partial charge in [0.2, 0.25) is 0 Å². The van der Waals surface area contributed by atoms with Crippen molar-refractivity contribution in [1.29, 1.82) is 0 Å². The van der Waals surface area contributed by atoms with Gasteiger partial charge in [-0.3, -0.25) is 11.3 Å². The number of benzene rings is 1. The van der Waals surface area contributed by atoms with Crippen LogP contribution in [0.3, 0.4) is 0 Å². The first-order valence-corrected chi connectivity index (χ1v) is 6.62. The topological polar surface area (TPSA) is 38.0 Å². The zero-order valence-electron chi connectivity index (χ0n) is 11.0. The fourth-order valence-corrected chi connectivity index (χ4v) is 2.17. The molecule has 0 aliphatic carbocycles. The molecule has 0 amide bonds. The summed E-state index contributed by atoms with van der Waals surface area (Å²) in [5.74, 6) is 6.30. The zero-order valence-corrected chi connectivity index (χ0v) is 11.7. The lowest BCUT2D eigenvalue weighted by atomic mass is 9.98. The predicted octanol–water partition coefficient (Wildman–Crippen LogP) is 3.46. The highest BCUT2D eigenvalue weighted by Crippen LogP contribution is 2.20. The largest absolute Gasteiger partial charge is 0.271 e. The first-order valence-electron chi connectivity index (χ1n) is 6.24. The van der Waals surface area contributed by atoms with Crippen molar-refractivity contribution in [1.82, 2.24) is 5.43 Å². The van der Waals surface area contributed by atoms with Gasteiger partial charge in [-0.15, -0.1) is 0 Å². The van der Waals surface area contributed by atoms with Gasteiger partial charge in [0.1, 0.15) is 0 Å². The van der Waals surface area contributed by atoms with Gasteiger partial charge in [-0.2, -0.15) is 0 Å². The van der Waals surface area contributed by atoms with E-state index in [1.54, 1.807) is 0 Å². The molecule has 17 heavy (non-hydrogen) atoms. The van der Waals surface area contributed by atoms with Crippen molar-refractivity contribution in [2.24, 2.45) is 11.8 Å². The van der Waals surface area contributed by atoms with Crippen molar-refractivity contribution in [2.45, 2.75) is 46.1 Å². The van der Waals surface area contributed by atoms with E-state index in [4.69, 9.17) is 17.4 Å². The molecule has 2 nitrogen and oxygen atoms in total. The summed E-state index contributed by atoms with van der Waals surface area (Å²) in [5.41, 5.74) is 5.25. The van der Waals surface area contributed by atoms with E-state index in [2.05, 4.69) is 31.4 Å². The van der Waals surface area contributed by atoms with Crippen LogP contribution >= 0.6 is 11.6 Å². The molecule has 0 saturated heterocycles. The van der Waals surface area contributed by atoms with Crippen LogP contribution in [0.2, 0.25) is 5.02 Å². The molecular weight excluding hydrogens is 232 g/mol. The van der Waals surface area contributed by atoms with E-state index in [9.17, 15) is 0 Å². The molecule has 0 saturated carbocycles. The second-order valence-electron chi connectivity index (χ2n) is 5.13. The number of nitrogens with two attached hydrogens (primary N) is 1. The number of hydrogen-bond acceptors (Lipinski definition) is 2. The highest BCUT2D eigenvalue weighted by molar-refractivity contribution is 6.31. The summed E-state index contributed by atoms with van der Waals surface area (Å²) < 4.78 is 0. The monoisotopic (exact) mass is 254 g/mol. The van der Waals surface area contributed by atoms with Crippen molar-refractivity contribution in [3.05, 3.63) is 34.3 Å². The number of rotatable bonds is 6. The van der Waals surface area contributed by atoms with Crippen LogP contribution in [0.15, 0.2) is 18.2 Å². The van der Waals surface area contributed by atoms with Gasteiger partial charge in [-0.05, 0) is 49.3 Å². The Hall–Kier alpha value is -0.570. The maximum Gasteiger partial charge on any atom is 0.0441 e. The van der Waals surface area contributed by atoms with Crippen molar-refractivity contribution >= 4 is 11.6 Å². The average molecular weight is 255 g/mol. The highest BCUT2D eigenvalue weighted by Gasteiger charge is 2.11. The summed E-state index contributed by atoms with van der Waals surface area (Å²) in [6.45, 7) is 6.51. The summed E-state index contributed by atoms with van der Waals surface area (Å²) in [5, 5.41) is 0.842. The van der Waals surface area contributed by atoms with Crippen LogP contribution in [0.1, 0.15) is 37.8 Å². The van der Waals surface area contributed by atoms with Crippen LogP contribution < -0.4 is 11.3 Å². The Morgan fingerprint density at radius 2 is 2.00 bits per heavy atom. The fraction of sp³-hybridized carbons (Fsp3) is 0.571.